The van der Waals surface area contributed by atoms with Gasteiger partial charge in [-0.15, -0.1) is 0 Å². The number of benzene rings is 2. The first-order chi connectivity index (χ1) is 13.0. The molecule has 0 aromatic heterocycles. The van der Waals surface area contributed by atoms with Gasteiger partial charge in [-0.1, -0.05) is 41.9 Å². The van der Waals surface area contributed by atoms with Crippen LogP contribution in [-0.4, -0.2) is 30.8 Å². The van der Waals surface area contributed by atoms with E-state index in [1.165, 1.54) is 24.3 Å². The van der Waals surface area contributed by atoms with Gasteiger partial charge in [0.15, 0.2) is 5.96 Å². The van der Waals surface area contributed by atoms with Crippen molar-refractivity contribution in [2.45, 2.75) is 26.2 Å². The Morgan fingerprint density at radius 3 is 2.48 bits per heavy atom. The molecule has 1 atom stereocenters. The Morgan fingerprint density at radius 2 is 1.85 bits per heavy atom. The zero-order valence-corrected chi connectivity index (χ0v) is 15.6. The molecule has 2 aromatic rings. The lowest BCUT2D eigenvalue weighted by molar-refractivity contribution is -0.0498. The maximum atomic E-state index is 12.2. The van der Waals surface area contributed by atoms with Crippen LogP contribution in [0.1, 0.15) is 24.2 Å². The monoisotopic (exact) mass is 397 g/mol. The van der Waals surface area contributed by atoms with Crippen LogP contribution in [0.5, 0.6) is 5.75 Å². The molecule has 0 saturated carbocycles. The van der Waals surface area contributed by atoms with Crippen LogP contribution in [0.3, 0.4) is 0 Å². The highest BCUT2D eigenvalue weighted by atomic mass is 35.5. The first-order valence-corrected chi connectivity index (χ1v) is 8.85. The van der Waals surface area contributed by atoms with Crippen molar-refractivity contribution < 1.29 is 18.6 Å². The third-order valence-corrected chi connectivity index (χ3v) is 4.03. The molecule has 0 heterocycles. The molecule has 146 valence electrons. The summed E-state index contributed by atoms with van der Waals surface area (Å²) in [6.07, 6.45) is -0.838. The number of nitrogens with one attached hydrogen (secondary N) is 2. The molecule has 0 aliphatic rings. The summed E-state index contributed by atoms with van der Waals surface area (Å²) in [5.74, 6) is 0.581. The van der Waals surface area contributed by atoms with Crippen LogP contribution in [0.4, 0.5) is 8.78 Å². The van der Waals surface area contributed by atoms with E-state index in [0.29, 0.717) is 29.6 Å². The Kier molecular flexibility index (Phi) is 8.29. The van der Waals surface area contributed by atoms with Crippen molar-refractivity contribution >= 4 is 17.6 Å². The SMILES string of the molecule is CCNC(=NCc1ccccc1Cl)NCC(O)c1ccc(OC(F)F)cc1. The van der Waals surface area contributed by atoms with Gasteiger partial charge in [0.25, 0.3) is 0 Å². The lowest BCUT2D eigenvalue weighted by Gasteiger charge is -2.16. The summed E-state index contributed by atoms with van der Waals surface area (Å²) in [4.78, 5) is 4.45. The quantitative estimate of drug-likeness (QED) is 0.469. The van der Waals surface area contributed by atoms with E-state index in [4.69, 9.17) is 11.6 Å². The molecule has 0 radical (unpaired) electrons. The van der Waals surface area contributed by atoms with Gasteiger partial charge < -0.3 is 20.5 Å². The van der Waals surface area contributed by atoms with E-state index in [0.717, 1.165) is 5.56 Å². The Morgan fingerprint density at radius 1 is 1.15 bits per heavy atom. The lowest BCUT2D eigenvalue weighted by Crippen LogP contribution is -2.39. The van der Waals surface area contributed by atoms with Gasteiger partial charge in [0, 0.05) is 18.1 Å². The minimum atomic E-state index is -2.88. The topological polar surface area (TPSA) is 65.9 Å². The van der Waals surface area contributed by atoms with Crippen LogP contribution in [0.2, 0.25) is 5.02 Å². The van der Waals surface area contributed by atoms with E-state index in [1.807, 2.05) is 25.1 Å². The molecule has 8 heteroatoms. The molecular formula is C19H22ClF2N3O2. The number of ether oxygens (including phenoxy) is 1. The fraction of sp³-hybridized carbons (Fsp3) is 0.316. The Hall–Kier alpha value is -2.38. The number of hydrogen-bond donors (Lipinski definition) is 3. The number of halogens is 3. The molecule has 5 nitrogen and oxygen atoms in total. The fourth-order valence-corrected chi connectivity index (χ4v) is 2.51. The average Bonchev–Trinajstić information content (AvgIpc) is 2.65. The van der Waals surface area contributed by atoms with Crippen molar-refractivity contribution in [3.05, 3.63) is 64.7 Å². The summed E-state index contributed by atoms with van der Waals surface area (Å²) in [7, 11) is 0. The molecule has 0 amide bonds. The highest BCUT2D eigenvalue weighted by Gasteiger charge is 2.10. The van der Waals surface area contributed by atoms with Crippen molar-refractivity contribution in [3.8, 4) is 5.75 Å². The lowest BCUT2D eigenvalue weighted by atomic mass is 10.1. The summed E-state index contributed by atoms with van der Waals surface area (Å²) in [6.45, 7) is 0.308. The largest absolute Gasteiger partial charge is 0.435 e. The molecule has 0 saturated heterocycles. The molecule has 1 unspecified atom stereocenters. The van der Waals surface area contributed by atoms with Gasteiger partial charge >= 0.3 is 6.61 Å². The van der Waals surface area contributed by atoms with Crippen LogP contribution < -0.4 is 15.4 Å². The van der Waals surface area contributed by atoms with E-state index in [1.54, 1.807) is 6.07 Å². The molecular weight excluding hydrogens is 376 g/mol. The van der Waals surface area contributed by atoms with Gasteiger partial charge in [-0.25, -0.2) is 4.99 Å². The van der Waals surface area contributed by atoms with Crippen LogP contribution in [0.25, 0.3) is 0 Å². The molecule has 27 heavy (non-hydrogen) atoms. The van der Waals surface area contributed by atoms with Gasteiger partial charge in [0.05, 0.1) is 12.6 Å². The van der Waals surface area contributed by atoms with Crippen molar-refractivity contribution in [1.29, 1.82) is 0 Å². The molecule has 0 spiro atoms. The van der Waals surface area contributed by atoms with Gasteiger partial charge in [-0.3, -0.25) is 0 Å². The summed E-state index contributed by atoms with van der Waals surface area (Å²) in [5, 5.41) is 17.1. The molecule has 0 aliphatic heterocycles. The van der Waals surface area contributed by atoms with Gasteiger partial charge in [-0.2, -0.15) is 8.78 Å². The average molecular weight is 398 g/mol. The molecule has 2 aromatic carbocycles. The fourth-order valence-electron chi connectivity index (χ4n) is 2.32. The highest BCUT2D eigenvalue weighted by molar-refractivity contribution is 6.31. The number of rotatable bonds is 8. The minimum absolute atomic E-state index is 0.0450. The molecule has 0 bridgehead atoms. The molecule has 0 aliphatic carbocycles. The van der Waals surface area contributed by atoms with E-state index in [9.17, 15) is 13.9 Å². The maximum absolute atomic E-state index is 12.2. The Labute approximate surface area is 162 Å². The van der Waals surface area contributed by atoms with E-state index in [2.05, 4.69) is 20.4 Å². The Bertz CT molecular complexity index is 742. The van der Waals surface area contributed by atoms with E-state index >= 15 is 0 Å². The van der Waals surface area contributed by atoms with Crippen LogP contribution >= 0.6 is 11.6 Å². The number of aliphatic imine (C=N–C) groups is 1. The van der Waals surface area contributed by atoms with Crippen molar-refractivity contribution in [1.82, 2.24) is 10.6 Å². The van der Waals surface area contributed by atoms with Gasteiger partial charge in [-0.05, 0) is 36.2 Å². The molecule has 3 N–H and O–H groups in total. The first-order valence-electron chi connectivity index (χ1n) is 8.48. The van der Waals surface area contributed by atoms with E-state index < -0.39 is 12.7 Å². The Balaban J connectivity index is 1.94. The first kappa shape index (κ1) is 20.9. The maximum Gasteiger partial charge on any atom is 0.387 e. The van der Waals surface area contributed by atoms with Gasteiger partial charge in [0.2, 0.25) is 0 Å². The number of alkyl halides is 2. The van der Waals surface area contributed by atoms with Crippen molar-refractivity contribution in [2.24, 2.45) is 4.99 Å². The molecule has 0 fully saturated rings. The predicted octanol–water partition coefficient (Wildman–Crippen LogP) is 3.73. The number of guanidine groups is 1. The second kappa shape index (κ2) is 10.7. The third kappa shape index (κ3) is 7.03. The van der Waals surface area contributed by atoms with Crippen molar-refractivity contribution in [2.75, 3.05) is 13.1 Å². The number of aliphatic hydroxyl groups excluding tert-OH is 1. The predicted molar refractivity (Wildman–Crippen MR) is 102 cm³/mol. The second-order valence-electron chi connectivity index (χ2n) is 5.63. The van der Waals surface area contributed by atoms with Crippen LogP contribution in [0, 0.1) is 0 Å². The van der Waals surface area contributed by atoms with Crippen LogP contribution in [0.15, 0.2) is 53.5 Å². The second-order valence-corrected chi connectivity index (χ2v) is 6.04. The third-order valence-electron chi connectivity index (χ3n) is 3.66. The summed E-state index contributed by atoms with van der Waals surface area (Å²) >= 11 is 6.13. The smallest absolute Gasteiger partial charge is 0.387 e. The zero-order valence-electron chi connectivity index (χ0n) is 14.8. The van der Waals surface area contributed by atoms with E-state index in [-0.39, 0.29) is 12.3 Å². The van der Waals surface area contributed by atoms with Crippen LogP contribution in [-0.2, 0) is 6.54 Å². The standard InChI is InChI=1S/C19H22ClF2N3O2/c1-2-23-19(24-11-14-5-3-4-6-16(14)20)25-12-17(26)13-7-9-15(10-8-13)27-18(21)22/h3-10,17-18,26H,2,11-12H2,1H3,(H2,23,24,25). The summed E-state index contributed by atoms with van der Waals surface area (Å²) in [6, 6.07) is 13.3. The number of aliphatic hydroxyl groups is 1. The zero-order chi connectivity index (χ0) is 19.6. The minimum Gasteiger partial charge on any atom is -0.435 e. The number of hydrogen-bond acceptors (Lipinski definition) is 3. The van der Waals surface area contributed by atoms with Crippen molar-refractivity contribution in [3.63, 3.8) is 0 Å². The molecule has 2 rings (SSSR count). The number of nitrogens with zero attached hydrogens (tertiary/aromatic N) is 1. The van der Waals surface area contributed by atoms with Gasteiger partial charge in [0.1, 0.15) is 5.75 Å². The summed E-state index contributed by atoms with van der Waals surface area (Å²) in [5.41, 5.74) is 1.47. The highest BCUT2D eigenvalue weighted by Crippen LogP contribution is 2.19. The summed E-state index contributed by atoms with van der Waals surface area (Å²) < 4.78 is 28.6. The normalized spacial score (nSPS) is 12.7.